The van der Waals surface area contributed by atoms with Crippen LogP contribution in [0.2, 0.25) is 5.02 Å². The monoisotopic (exact) mass is 263 g/mol. The van der Waals surface area contributed by atoms with Crippen molar-refractivity contribution < 1.29 is 4.79 Å². The van der Waals surface area contributed by atoms with Crippen LogP contribution in [0.4, 0.5) is 0 Å². The smallest absolute Gasteiger partial charge is 0.265 e. The van der Waals surface area contributed by atoms with Gasteiger partial charge in [-0.2, -0.15) is 0 Å². The zero-order valence-corrected chi connectivity index (χ0v) is 10.4. The summed E-state index contributed by atoms with van der Waals surface area (Å²) in [4.78, 5) is 14.5. The minimum atomic E-state index is 0.0403. The number of hydrogen-bond acceptors (Lipinski definition) is 2. The molecule has 0 saturated carbocycles. The fourth-order valence-corrected chi connectivity index (χ4v) is 2.94. The number of halogens is 2. The molecule has 0 atom stereocenters. The Bertz CT molecular complexity index is 358. The zero-order valence-electron chi connectivity index (χ0n) is 8.08. The van der Waals surface area contributed by atoms with Crippen molar-refractivity contribution in [1.82, 2.24) is 4.90 Å². The quantitative estimate of drug-likeness (QED) is 0.713. The predicted octanol–water partition coefficient (Wildman–Crippen LogP) is 3.24. The molecule has 1 fully saturated rings. The number of hydrogen-bond donors (Lipinski definition) is 0. The molecule has 1 aromatic rings. The number of amides is 1. The standard InChI is InChI=1S/C10H11Cl2NOS/c11-7-1-4-13(5-2-7)10(14)9-8(12)3-6-15-9/h3,6-7H,1-2,4-5H2. The minimum absolute atomic E-state index is 0.0403. The highest BCUT2D eigenvalue weighted by molar-refractivity contribution is 7.12. The number of alkyl halides is 1. The second-order valence-corrected chi connectivity index (χ2v) is 5.51. The first-order valence-corrected chi connectivity index (χ1v) is 6.54. The molecule has 0 N–H and O–H groups in total. The Labute approximate surface area is 103 Å². The summed E-state index contributed by atoms with van der Waals surface area (Å²) in [5.41, 5.74) is 0. The summed E-state index contributed by atoms with van der Waals surface area (Å²) < 4.78 is 0. The maximum atomic E-state index is 12.0. The van der Waals surface area contributed by atoms with Gasteiger partial charge < -0.3 is 4.90 Å². The van der Waals surface area contributed by atoms with Crippen LogP contribution in [-0.2, 0) is 0 Å². The molecule has 1 amide bonds. The van der Waals surface area contributed by atoms with Crippen LogP contribution < -0.4 is 0 Å². The van der Waals surface area contributed by atoms with Crippen molar-refractivity contribution in [2.24, 2.45) is 0 Å². The second-order valence-electron chi connectivity index (χ2n) is 3.56. The van der Waals surface area contributed by atoms with Gasteiger partial charge in [-0.25, -0.2) is 0 Å². The second kappa shape index (κ2) is 4.73. The van der Waals surface area contributed by atoms with Gasteiger partial charge in [0.15, 0.2) is 0 Å². The van der Waals surface area contributed by atoms with Gasteiger partial charge in [0.25, 0.3) is 5.91 Å². The van der Waals surface area contributed by atoms with Crippen LogP contribution in [0, 0.1) is 0 Å². The van der Waals surface area contributed by atoms with Crippen molar-refractivity contribution in [3.8, 4) is 0 Å². The molecule has 1 aromatic heterocycles. The molecule has 2 rings (SSSR count). The third-order valence-corrected chi connectivity index (χ3v) is 4.29. The third kappa shape index (κ3) is 2.47. The average Bonchev–Trinajstić information content (AvgIpc) is 2.65. The lowest BCUT2D eigenvalue weighted by molar-refractivity contribution is 0.0731. The van der Waals surface area contributed by atoms with Gasteiger partial charge in [0.2, 0.25) is 0 Å². The molecule has 0 spiro atoms. The molecule has 1 aliphatic heterocycles. The highest BCUT2D eigenvalue weighted by Crippen LogP contribution is 2.25. The predicted molar refractivity (Wildman–Crippen MR) is 64.1 cm³/mol. The van der Waals surface area contributed by atoms with Gasteiger partial charge in [-0.15, -0.1) is 22.9 Å². The molecule has 82 valence electrons. The summed E-state index contributed by atoms with van der Waals surface area (Å²) in [6, 6.07) is 1.76. The van der Waals surface area contributed by atoms with Crippen LogP contribution in [0.25, 0.3) is 0 Å². The van der Waals surface area contributed by atoms with E-state index < -0.39 is 0 Å². The van der Waals surface area contributed by atoms with E-state index in [0.29, 0.717) is 9.90 Å². The van der Waals surface area contributed by atoms with Gasteiger partial charge in [-0.3, -0.25) is 4.79 Å². The number of likely N-dealkylation sites (tertiary alicyclic amines) is 1. The molecule has 0 unspecified atom stereocenters. The molecule has 0 bridgehead atoms. The third-order valence-electron chi connectivity index (χ3n) is 2.52. The summed E-state index contributed by atoms with van der Waals surface area (Å²) in [6.45, 7) is 1.47. The first kappa shape index (κ1) is 11.2. The van der Waals surface area contributed by atoms with Crippen LogP contribution in [0.15, 0.2) is 11.4 Å². The lowest BCUT2D eigenvalue weighted by Gasteiger charge is -2.29. The number of carbonyl (C=O) groups excluding carboxylic acids is 1. The summed E-state index contributed by atoms with van der Waals surface area (Å²) in [6.07, 6.45) is 1.74. The van der Waals surface area contributed by atoms with E-state index in [-0.39, 0.29) is 11.3 Å². The molecular weight excluding hydrogens is 253 g/mol. The summed E-state index contributed by atoms with van der Waals surface area (Å²) in [7, 11) is 0. The van der Waals surface area contributed by atoms with E-state index in [4.69, 9.17) is 23.2 Å². The van der Waals surface area contributed by atoms with Crippen molar-refractivity contribution >= 4 is 40.4 Å². The summed E-state index contributed by atoms with van der Waals surface area (Å²) in [5.74, 6) is 0.0403. The van der Waals surface area contributed by atoms with Gasteiger partial charge >= 0.3 is 0 Å². The highest BCUT2D eigenvalue weighted by atomic mass is 35.5. The number of nitrogens with zero attached hydrogens (tertiary/aromatic N) is 1. The van der Waals surface area contributed by atoms with E-state index >= 15 is 0 Å². The van der Waals surface area contributed by atoms with Crippen LogP contribution in [0.3, 0.4) is 0 Å². The van der Waals surface area contributed by atoms with Gasteiger partial charge in [-0.1, -0.05) is 11.6 Å². The summed E-state index contributed by atoms with van der Waals surface area (Å²) in [5, 5.41) is 2.61. The lowest BCUT2D eigenvalue weighted by atomic mass is 10.1. The molecule has 0 aliphatic carbocycles. The Morgan fingerprint density at radius 1 is 1.47 bits per heavy atom. The maximum absolute atomic E-state index is 12.0. The van der Waals surface area contributed by atoms with Crippen molar-refractivity contribution in [2.45, 2.75) is 18.2 Å². The number of piperidine rings is 1. The van der Waals surface area contributed by atoms with Gasteiger partial charge in [-0.05, 0) is 24.3 Å². The van der Waals surface area contributed by atoms with E-state index in [0.717, 1.165) is 25.9 Å². The van der Waals surface area contributed by atoms with Gasteiger partial charge in [0.05, 0.1) is 5.02 Å². The molecule has 5 heteroatoms. The van der Waals surface area contributed by atoms with E-state index in [1.165, 1.54) is 11.3 Å². The van der Waals surface area contributed by atoms with E-state index in [1.54, 1.807) is 6.07 Å². The molecular formula is C10H11Cl2NOS. The first-order valence-electron chi connectivity index (χ1n) is 4.85. The molecule has 2 heterocycles. The first-order chi connectivity index (χ1) is 7.18. The maximum Gasteiger partial charge on any atom is 0.265 e. The SMILES string of the molecule is O=C(c1sccc1Cl)N1CCC(Cl)CC1. The van der Waals surface area contributed by atoms with Crippen LogP contribution in [0.5, 0.6) is 0 Å². The van der Waals surface area contributed by atoms with Crippen molar-refractivity contribution in [3.63, 3.8) is 0 Å². The number of thiophene rings is 1. The van der Waals surface area contributed by atoms with Crippen LogP contribution in [0.1, 0.15) is 22.5 Å². The summed E-state index contributed by atoms with van der Waals surface area (Å²) >= 11 is 13.3. The van der Waals surface area contributed by atoms with E-state index in [1.807, 2.05) is 10.3 Å². The lowest BCUT2D eigenvalue weighted by Crippen LogP contribution is -2.38. The molecule has 0 aromatic carbocycles. The molecule has 1 saturated heterocycles. The number of carbonyl (C=O) groups is 1. The Morgan fingerprint density at radius 3 is 2.67 bits per heavy atom. The zero-order chi connectivity index (χ0) is 10.8. The van der Waals surface area contributed by atoms with E-state index in [2.05, 4.69) is 0 Å². The fourth-order valence-electron chi connectivity index (χ4n) is 1.64. The average molecular weight is 264 g/mol. The molecule has 1 aliphatic rings. The molecule has 2 nitrogen and oxygen atoms in total. The normalized spacial score (nSPS) is 18.1. The Morgan fingerprint density at radius 2 is 2.13 bits per heavy atom. The molecule has 0 radical (unpaired) electrons. The van der Waals surface area contributed by atoms with Gasteiger partial charge in [0.1, 0.15) is 4.88 Å². The van der Waals surface area contributed by atoms with Crippen LogP contribution in [-0.4, -0.2) is 29.3 Å². The fraction of sp³-hybridized carbons (Fsp3) is 0.500. The number of rotatable bonds is 1. The van der Waals surface area contributed by atoms with Crippen molar-refractivity contribution in [2.75, 3.05) is 13.1 Å². The van der Waals surface area contributed by atoms with Crippen molar-refractivity contribution in [3.05, 3.63) is 21.3 Å². The van der Waals surface area contributed by atoms with Gasteiger partial charge in [0, 0.05) is 18.5 Å². The molecule has 15 heavy (non-hydrogen) atoms. The Hall–Kier alpha value is -0.250. The van der Waals surface area contributed by atoms with E-state index in [9.17, 15) is 4.79 Å². The Balaban J connectivity index is 2.06. The largest absolute Gasteiger partial charge is 0.338 e. The minimum Gasteiger partial charge on any atom is -0.338 e. The topological polar surface area (TPSA) is 20.3 Å². The Kier molecular flexibility index (Phi) is 3.54. The van der Waals surface area contributed by atoms with Crippen molar-refractivity contribution in [1.29, 1.82) is 0 Å². The van der Waals surface area contributed by atoms with Crippen LogP contribution >= 0.6 is 34.5 Å². The highest BCUT2D eigenvalue weighted by Gasteiger charge is 2.24.